The summed E-state index contributed by atoms with van der Waals surface area (Å²) < 4.78 is 7.33. The van der Waals surface area contributed by atoms with E-state index >= 15 is 0 Å². The van der Waals surface area contributed by atoms with Gasteiger partial charge in [-0.05, 0) is 54.7 Å². The van der Waals surface area contributed by atoms with Crippen molar-refractivity contribution in [3.8, 4) is 0 Å². The molecule has 1 amide bonds. The Bertz CT molecular complexity index is 1490. The smallest absolute Gasteiger partial charge is 0.294 e. The van der Waals surface area contributed by atoms with E-state index in [1.54, 1.807) is 11.0 Å². The maximum Gasteiger partial charge on any atom is 0.294 e. The fraction of sp³-hybridized carbons (Fsp3) is 0.333. The first kappa shape index (κ1) is 20.4. The van der Waals surface area contributed by atoms with E-state index in [1.165, 1.54) is 0 Å². The van der Waals surface area contributed by atoms with Gasteiger partial charge in [-0.25, -0.2) is 0 Å². The summed E-state index contributed by atoms with van der Waals surface area (Å²) in [5.74, 6) is 0.858. The lowest BCUT2D eigenvalue weighted by molar-refractivity contribution is 0.0750. The number of aromatic amines is 1. The van der Waals surface area contributed by atoms with E-state index in [9.17, 15) is 9.59 Å². The molecule has 8 nitrogen and oxygen atoms in total. The van der Waals surface area contributed by atoms with Gasteiger partial charge in [-0.1, -0.05) is 23.7 Å². The van der Waals surface area contributed by atoms with E-state index in [0.717, 1.165) is 40.9 Å². The number of ether oxygens (including phenoxy) is 1. The minimum absolute atomic E-state index is 0.0870. The van der Waals surface area contributed by atoms with Crippen LogP contribution >= 0.6 is 11.6 Å². The van der Waals surface area contributed by atoms with Crippen molar-refractivity contribution in [3.05, 3.63) is 73.8 Å². The van der Waals surface area contributed by atoms with Crippen molar-refractivity contribution in [2.24, 2.45) is 0 Å². The lowest BCUT2D eigenvalue weighted by Gasteiger charge is -2.21. The zero-order chi connectivity index (χ0) is 22.7. The zero-order valence-corrected chi connectivity index (χ0v) is 18.9. The van der Waals surface area contributed by atoms with E-state index in [-0.39, 0.29) is 23.0 Å². The number of rotatable bonds is 2. The fourth-order valence-corrected chi connectivity index (χ4v) is 5.24. The molecule has 2 aromatic carbocycles. The number of carbonyl (C=O) groups is 1. The summed E-state index contributed by atoms with van der Waals surface area (Å²) in [4.78, 5) is 30.9. The summed E-state index contributed by atoms with van der Waals surface area (Å²) in [5, 5.41) is 9.21. The summed E-state index contributed by atoms with van der Waals surface area (Å²) in [7, 11) is 0. The molecule has 2 aromatic heterocycles. The Hall–Kier alpha value is -3.23. The second-order valence-corrected chi connectivity index (χ2v) is 9.19. The Morgan fingerprint density at radius 2 is 2.00 bits per heavy atom. The molecule has 4 aromatic rings. The number of aryl methyl sites for hydroxylation is 1. The Labute approximate surface area is 194 Å². The predicted octanol–water partition coefficient (Wildman–Crippen LogP) is 3.58. The van der Waals surface area contributed by atoms with Crippen LogP contribution in [0.2, 0.25) is 5.02 Å². The molecule has 1 saturated heterocycles. The van der Waals surface area contributed by atoms with E-state index in [4.69, 9.17) is 16.3 Å². The second kappa shape index (κ2) is 7.67. The average molecular weight is 464 g/mol. The Morgan fingerprint density at radius 1 is 1.18 bits per heavy atom. The van der Waals surface area contributed by atoms with Gasteiger partial charge in [-0.2, -0.15) is 0 Å². The van der Waals surface area contributed by atoms with Crippen LogP contribution in [0.15, 0.2) is 35.1 Å². The molecule has 0 unspecified atom stereocenters. The summed E-state index contributed by atoms with van der Waals surface area (Å²) >= 11 is 6.34. The van der Waals surface area contributed by atoms with Crippen molar-refractivity contribution in [2.45, 2.75) is 38.8 Å². The van der Waals surface area contributed by atoms with Crippen molar-refractivity contribution in [2.75, 3.05) is 13.2 Å². The largest absolute Gasteiger partial charge is 0.381 e. The van der Waals surface area contributed by atoms with Gasteiger partial charge in [-0.15, -0.1) is 10.2 Å². The van der Waals surface area contributed by atoms with Crippen molar-refractivity contribution in [3.63, 3.8) is 0 Å². The molecular weight excluding hydrogens is 442 g/mol. The maximum absolute atomic E-state index is 13.4. The second-order valence-electron chi connectivity index (χ2n) is 8.78. The van der Waals surface area contributed by atoms with Crippen LogP contribution in [0.1, 0.15) is 51.6 Å². The number of H-pyrrole nitrogens is 1. The number of benzene rings is 2. The number of hydrogen-bond acceptors (Lipinski definition) is 5. The van der Waals surface area contributed by atoms with Crippen molar-refractivity contribution in [1.82, 2.24) is 24.5 Å². The number of carbonyl (C=O) groups excluding carboxylic acids is 1. The molecule has 168 valence electrons. The van der Waals surface area contributed by atoms with Crippen LogP contribution in [0.4, 0.5) is 0 Å². The highest BCUT2D eigenvalue weighted by Crippen LogP contribution is 2.32. The Kier molecular flexibility index (Phi) is 4.74. The van der Waals surface area contributed by atoms with Gasteiger partial charge < -0.3 is 14.6 Å². The molecule has 0 spiro atoms. The zero-order valence-electron chi connectivity index (χ0n) is 18.1. The van der Waals surface area contributed by atoms with Crippen LogP contribution in [-0.2, 0) is 17.8 Å². The third kappa shape index (κ3) is 3.24. The van der Waals surface area contributed by atoms with E-state index in [0.29, 0.717) is 42.4 Å². The van der Waals surface area contributed by atoms with Crippen molar-refractivity contribution >= 4 is 34.2 Å². The summed E-state index contributed by atoms with van der Waals surface area (Å²) in [6.45, 7) is 4.24. The van der Waals surface area contributed by atoms with E-state index in [2.05, 4.69) is 15.2 Å². The molecule has 0 saturated carbocycles. The molecule has 0 atom stereocenters. The van der Waals surface area contributed by atoms with Gasteiger partial charge in [0.05, 0.1) is 11.0 Å². The molecule has 9 heteroatoms. The van der Waals surface area contributed by atoms with Gasteiger partial charge in [-0.3, -0.25) is 14.0 Å². The number of nitrogens with zero attached hydrogens (tertiary/aromatic N) is 4. The van der Waals surface area contributed by atoms with Gasteiger partial charge in [0.15, 0.2) is 0 Å². The Morgan fingerprint density at radius 3 is 2.79 bits per heavy atom. The standard InChI is InChI=1S/C24H22ClN5O3/c1-13-9-20-19(10-16(13)24(32)29-11-15-3-2-4-18(25)17(15)12-29)26-23(31)22-28-27-21(30(20)22)14-5-7-33-8-6-14/h2-4,9-10,14H,5-8,11-12H2,1H3,(H,26,31). The number of fused-ring (bicyclic) bond motifs is 4. The summed E-state index contributed by atoms with van der Waals surface area (Å²) in [5.41, 5.74) is 4.77. The molecule has 1 fully saturated rings. The molecular formula is C24H22ClN5O3. The number of amides is 1. The SMILES string of the molecule is Cc1cc2c(cc1C(=O)N1Cc3cccc(Cl)c3C1)[nH]c(=O)c1nnc(C3CCOCC3)n12. The molecule has 6 rings (SSSR count). The summed E-state index contributed by atoms with van der Waals surface area (Å²) in [6.07, 6.45) is 1.67. The highest BCUT2D eigenvalue weighted by atomic mass is 35.5. The monoisotopic (exact) mass is 463 g/mol. The van der Waals surface area contributed by atoms with Gasteiger partial charge in [0.25, 0.3) is 11.5 Å². The van der Waals surface area contributed by atoms with Crippen LogP contribution in [0, 0.1) is 6.92 Å². The molecule has 0 bridgehead atoms. The van der Waals surface area contributed by atoms with E-state index in [1.807, 2.05) is 35.6 Å². The first-order chi connectivity index (χ1) is 16.0. The minimum atomic E-state index is -0.323. The molecule has 2 aliphatic rings. The third-order valence-electron chi connectivity index (χ3n) is 6.75. The number of halogens is 1. The molecule has 0 radical (unpaired) electrons. The Balaban J connectivity index is 1.44. The van der Waals surface area contributed by atoms with Crippen LogP contribution in [0.5, 0.6) is 0 Å². The third-order valence-corrected chi connectivity index (χ3v) is 7.11. The summed E-state index contributed by atoms with van der Waals surface area (Å²) in [6, 6.07) is 9.46. The van der Waals surface area contributed by atoms with Gasteiger partial charge in [0.2, 0.25) is 5.65 Å². The highest BCUT2D eigenvalue weighted by molar-refractivity contribution is 6.31. The van der Waals surface area contributed by atoms with Crippen LogP contribution in [0.3, 0.4) is 0 Å². The first-order valence-corrected chi connectivity index (χ1v) is 11.4. The van der Waals surface area contributed by atoms with Crippen LogP contribution in [0.25, 0.3) is 16.7 Å². The molecule has 33 heavy (non-hydrogen) atoms. The highest BCUT2D eigenvalue weighted by Gasteiger charge is 2.28. The number of nitrogens with one attached hydrogen (secondary N) is 1. The topological polar surface area (TPSA) is 92.6 Å². The lowest BCUT2D eigenvalue weighted by atomic mass is 9.99. The minimum Gasteiger partial charge on any atom is -0.381 e. The first-order valence-electron chi connectivity index (χ1n) is 11.1. The number of aromatic nitrogens is 4. The normalized spacial score (nSPS) is 16.6. The lowest BCUT2D eigenvalue weighted by Crippen LogP contribution is -2.26. The quantitative estimate of drug-likeness (QED) is 0.490. The maximum atomic E-state index is 13.4. The molecule has 0 aliphatic carbocycles. The van der Waals surface area contributed by atoms with Crippen LogP contribution < -0.4 is 5.56 Å². The van der Waals surface area contributed by atoms with Gasteiger partial charge in [0.1, 0.15) is 5.82 Å². The fourth-order valence-electron chi connectivity index (χ4n) is 4.98. The average Bonchev–Trinajstić information content (AvgIpc) is 3.46. The molecule has 4 heterocycles. The predicted molar refractivity (Wildman–Crippen MR) is 124 cm³/mol. The number of hydrogen-bond donors (Lipinski definition) is 1. The van der Waals surface area contributed by atoms with Crippen LogP contribution in [-0.4, -0.2) is 43.6 Å². The van der Waals surface area contributed by atoms with Crippen molar-refractivity contribution < 1.29 is 9.53 Å². The van der Waals surface area contributed by atoms with Gasteiger partial charge >= 0.3 is 0 Å². The van der Waals surface area contributed by atoms with E-state index < -0.39 is 0 Å². The van der Waals surface area contributed by atoms with Gasteiger partial charge in [0, 0.05) is 42.8 Å². The molecule has 1 N–H and O–H groups in total. The molecule has 2 aliphatic heterocycles. The van der Waals surface area contributed by atoms with Crippen molar-refractivity contribution in [1.29, 1.82) is 0 Å².